The van der Waals surface area contributed by atoms with Crippen molar-refractivity contribution in [1.29, 1.82) is 0 Å². The first-order valence-corrected chi connectivity index (χ1v) is 12.5. The highest BCUT2D eigenvalue weighted by atomic mass is 19.4. The van der Waals surface area contributed by atoms with Gasteiger partial charge in [0, 0.05) is 39.1 Å². The standard InChI is InChI=1S/C27H30F3N5O3/c1-37-22-9-8-19(14-23(22)38-2)21-15-24(27(28,29)30)35-25(32-21)20(16-31-35)26(36)34-12-10-33(11-13-34)17-18-6-4-3-5-7-18/h3-9,14,16,21,24,32H,10-13,15,17H2,1-2H3/t21-,24+/m0/s1. The van der Waals surface area contributed by atoms with Crippen molar-refractivity contribution in [2.45, 2.75) is 31.2 Å². The van der Waals surface area contributed by atoms with Gasteiger partial charge in [-0.25, -0.2) is 4.68 Å². The first-order valence-electron chi connectivity index (χ1n) is 12.5. The number of nitrogens with one attached hydrogen (secondary N) is 1. The maximum Gasteiger partial charge on any atom is 0.410 e. The van der Waals surface area contributed by atoms with Crippen molar-refractivity contribution in [3.8, 4) is 11.5 Å². The summed E-state index contributed by atoms with van der Waals surface area (Å²) in [5.41, 5.74) is 1.93. The Morgan fingerprint density at radius 1 is 1.03 bits per heavy atom. The first kappa shape index (κ1) is 25.9. The van der Waals surface area contributed by atoms with Gasteiger partial charge in [-0.3, -0.25) is 9.69 Å². The third-order valence-electron chi connectivity index (χ3n) is 7.19. The summed E-state index contributed by atoms with van der Waals surface area (Å²) in [7, 11) is 2.97. The number of methoxy groups -OCH3 is 2. The number of carbonyl (C=O) groups excluding carboxylic acids is 1. The molecule has 0 aliphatic carbocycles. The number of aromatic nitrogens is 2. The van der Waals surface area contributed by atoms with E-state index in [4.69, 9.17) is 9.47 Å². The lowest BCUT2D eigenvalue weighted by molar-refractivity contribution is -0.173. The molecule has 3 aromatic rings. The zero-order valence-corrected chi connectivity index (χ0v) is 21.2. The molecule has 0 saturated carbocycles. The van der Waals surface area contributed by atoms with E-state index in [-0.39, 0.29) is 23.7 Å². The normalized spacial score (nSPS) is 20.0. The second-order valence-electron chi connectivity index (χ2n) is 9.51. The van der Waals surface area contributed by atoms with Gasteiger partial charge in [-0.2, -0.15) is 18.3 Å². The number of amides is 1. The number of ether oxygens (including phenoxy) is 2. The highest BCUT2D eigenvalue weighted by Crippen LogP contribution is 2.45. The zero-order chi connectivity index (χ0) is 26.9. The Morgan fingerprint density at radius 3 is 2.39 bits per heavy atom. The van der Waals surface area contributed by atoms with E-state index in [2.05, 4.69) is 27.4 Å². The molecule has 0 bridgehead atoms. The Bertz CT molecular complexity index is 1270. The van der Waals surface area contributed by atoms with Crippen LogP contribution in [0.15, 0.2) is 54.7 Å². The summed E-state index contributed by atoms with van der Waals surface area (Å²) in [4.78, 5) is 17.4. The largest absolute Gasteiger partial charge is 0.493 e. The summed E-state index contributed by atoms with van der Waals surface area (Å²) in [6, 6.07) is 12.5. The van der Waals surface area contributed by atoms with Crippen molar-refractivity contribution in [2.24, 2.45) is 0 Å². The van der Waals surface area contributed by atoms with Crippen LogP contribution in [-0.4, -0.2) is 72.1 Å². The highest BCUT2D eigenvalue weighted by molar-refractivity contribution is 5.99. The van der Waals surface area contributed by atoms with Crippen LogP contribution in [0.3, 0.4) is 0 Å². The molecule has 1 saturated heterocycles. The minimum absolute atomic E-state index is 0.0788. The van der Waals surface area contributed by atoms with Crippen LogP contribution in [0.25, 0.3) is 0 Å². The molecule has 1 amide bonds. The van der Waals surface area contributed by atoms with Gasteiger partial charge in [-0.15, -0.1) is 0 Å². The van der Waals surface area contributed by atoms with Crippen LogP contribution in [0.2, 0.25) is 0 Å². The first-order chi connectivity index (χ1) is 18.3. The van der Waals surface area contributed by atoms with E-state index >= 15 is 0 Å². The van der Waals surface area contributed by atoms with Crippen molar-refractivity contribution in [2.75, 3.05) is 45.7 Å². The average molecular weight is 530 g/mol. The predicted molar refractivity (Wildman–Crippen MR) is 135 cm³/mol. The van der Waals surface area contributed by atoms with Crippen molar-refractivity contribution >= 4 is 11.7 Å². The average Bonchev–Trinajstić information content (AvgIpc) is 3.36. The molecule has 0 spiro atoms. The summed E-state index contributed by atoms with van der Waals surface area (Å²) in [6.45, 7) is 3.11. The van der Waals surface area contributed by atoms with Gasteiger partial charge in [0.2, 0.25) is 0 Å². The van der Waals surface area contributed by atoms with Gasteiger partial charge in [0.25, 0.3) is 5.91 Å². The van der Waals surface area contributed by atoms with Crippen molar-refractivity contribution in [3.63, 3.8) is 0 Å². The molecular formula is C27H30F3N5O3. The Morgan fingerprint density at radius 2 is 1.74 bits per heavy atom. The molecule has 202 valence electrons. The number of fused-ring (bicyclic) bond motifs is 1. The molecule has 1 aromatic heterocycles. The van der Waals surface area contributed by atoms with E-state index in [0.717, 1.165) is 11.2 Å². The minimum atomic E-state index is -4.54. The van der Waals surface area contributed by atoms with E-state index in [1.807, 2.05) is 18.2 Å². The molecule has 2 aliphatic rings. The summed E-state index contributed by atoms with van der Waals surface area (Å²) >= 11 is 0. The topological polar surface area (TPSA) is 71.9 Å². The van der Waals surface area contributed by atoms with E-state index in [9.17, 15) is 18.0 Å². The molecule has 38 heavy (non-hydrogen) atoms. The van der Waals surface area contributed by atoms with Crippen molar-refractivity contribution < 1.29 is 27.4 Å². The number of nitrogens with zero attached hydrogens (tertiary/aromatic N) is 4. The lowest BCUT2D eigenvalue weighted by Crippen LogP contribution is -2.48. The Kier molecular flexibility index (Phi) is 7.20. The van der Waals surface area contributed by atoms with Crippen LogP contribution in [-0.2, 0) is 6.54 Å². The van der Waals surface area contributed by atoms with Gasteiger partial charge >= 0.3 is 6.18 Å². The number of rotatable bonds is 6. The van der Waals surface area contributed by atoms with Gasteiger partial charge in [-0.1, -0.05) is 36.4 Å². The Hall–Kier alpha value is -3.73. The van der Waals surface area contributed by atoms with Crippen LogP contribution in [0, 0.1) is 0 Å². The summed E-state index contributed by atoms with van der Waals surface area (Å²) < 4.78 is 53.9. The fourth-order valence-corrected chi connectivity index (χ4v) is 5.13. The van der Waals surface area contributed by atoms with Crippen LogP contribution in [0.1, 0.15) is 40.0 Å². The summed E-state index contributed by atoms with van der Waals surface area (Å²) in [5, 5.41) is 7.17. The molecule has 8 nitrogen and oxygen atoms in total. The molecule has 2 aromatic carbocycles. The molecule has 2 atom stereocenters. The third kappa shape index (κ3) is 5.15. The lowest BCUT2D eigenvalue weighted by Gasteiger charge is -2.36. The van der Waals surface area contributed by atoms with E-state index in [1.54, 1.807) is 23.1 Å². The lowest BCUT2D eigenvalue weighted by atomic mass is 9.96. The second kappa shape index (κ2) is 10.6. The highest BCUT2D eigenvalue weighted by Gasteiger charge is 2.47. The monoisotopic (exact) mass is 529 g/mol. The molecule has 2 aliphatic heterocycles. The minimum Gasteiger partial charge on any atom is -0.493 e. The van der Waals surface area contributed by atoms with Gasteiger partial charge in [0.15, 0.2) is 17.5 Å². The number of hydrogen-bond donors (Lipinski definition) is 1. The van der Waals surface area contributed by atoms with Crippen LogP contribution < -0.4 is 14.8 Å². The molecular weight excluding hydrogens is 499 g/mol. The fraction of sp³-hybridized carbons (Fsp3) is 0.407. The molecule has 1 N–H and O–H groups in total. The molecule has 3 heterocycles. The summed E-state index contributed by atoms with van der Waals surface area (Å²) in [5.74, 6) is 0.646. The predicted octanol–water partition coefficient (Wildman–Crippen LogP) is 4.52. The van der Waals surface area contributed by atoms with Crippen LogP contribution in [0.5, 0.6) is 11.5 Å². The quantitative estimate of drug-likeness (QED) is 0.507. The molecule has 1 fully saturated rings. The van der Waals surface area contributed by atoms with Gasteiger partial charge < -0.3 is 19.7 Å². The molecule has 5 rings (SSSR count). The molecule has 0 radical (unpaired) electrons. The number of halogens is 3. The van der Waals surface area contributed by atoms with Crippen molar-refractivity contribution in [1.82, 2.24) is 19.6 Å². The third-order valence-corrected chi connectivity index (χ3v) is 7.19. The van der Waals surface area contributed by atoms with Gasteiger partial charge in [0.1, 0.15) is 11.4 Å². The van der Waals surface area contributed by atoms with Gasteiger partial charge in [0.05, 0.1) is 26.5 Å². The number of piperazine rings is 1. The number of carbonyl (C=O) groups is 1. The fourth-order valence-electron chi connectivity index (χ4n) is 5.13. The summed E-state index contributed by atoms with van der Waals surface area (Å²) in [6.07, 6.45) is -3.57. The number of hydrogen-bond acceptors (Lipinski definition) is 6. The zero-order valence-electron chi connectivity index (χ0n) is 21.2. The van der Waals surface area contributed by atoms with Crippen LogP contribution in [0.4, 0.5) is 19.0 Å². The maximum absolute atomic E-state index is 14.1. The SMILES string of the molecule is COc1ccc([C@@H]2C[C@H](C(F)(F)F)n3ncc(C(=O)N4CCN(Cc5ccccc5)CC4)c3N2)cc1OC. The smallest absolute Gasteiger partial charge is 0.410 e. The number of anilines is 1. The second-order valence-corrected chi connectivity index (χ2v) is 9.51. The van der Waals surface area contributed by atoms with Crippen LogP contribution >= 0.6 is 0 Å². The molecule has 11 heteroatoms. The van der Waals surface area contributed by atoms with Gasteiger partial charge in [-0.05, 0) is 23.3 Å². The van der Waals surface area contributed by atoms with E-state index in [1.165, 1.54) is 26.0 Å². The molecule has 0 unspecified atom stereocenters. The number of benzene rings is 2. The van der Waals surface area contributed by atoms with Crippen molar-refractivity contribution in [3.05, 3.63) is 71.4 Å². The maximum atomic E-state index is 14.1. The van der Waals surface area contributed by atoms with E-state index < -0.39 is 18.3 Å². The van der Waals surface area contributed by atoms with E-state index in [0.29, 0.717) is 43.2 Å². The Balaban J connectivity index is 1.36. The number of alkyl halides is 3. The Labute approximate surface area is 218 Å².